The molecule has 2 heterocycles. The molecule has 0 unspecified atom stereocenters. The van der Waals surface area contributed by atoms with Crippen LogP contribution in [0.4, 0.5) is 17.6 Å². The molecular weight excluding hydrogens is 292 g/mol. The van der Waals surface area contributed by atoms with Crippen LogP contribution >= 0.6 is 0 Å². The zero-order chi connectivity index (χ0) is 15.8. The summed E-state index contributed by atoms with van der Waals surface area (Å²) in [6.45, 7) is 0.911. The first-order valence-corrected chi connectivity index (χ1v) is 6.33. The smallest absolute Gasteiger partial charge is 0.338 e. The van der Waals surface area contributed by atoms with Crippen LogP contribution in [0.1, 0.15) is 18.9 Å². The molecule has 1 aromatic rings. The molecule has 8 heteroatoms. The number of pyridine rings is 1. The van der Waals surface area contributed by atoms with Gasteiger partial charge in [0, 0.05) is 25.2 Å². The summed E-state index contributed by atoms with van der Waals surface area (Å²) >= 11 is 0. The fourth-order valence-corrected chi connectivity index (χ4v) is 2.21. The van der Waals surface area contributed by atoms with E-state index in [1.807, 2.05) is 0 Å². The third-order valence-electron chi connectivity index (χ3n) is 3.39. The molecular formula is C13H14F4N2O2. The number of hydrogen-bond acceptors (Lipinski definition) is 2. The Morgan fingerprint density at radius 2 is 2.05 bits per heavy atom. The van der Waals surface area contributed by atoms with Crippen LogP contribution < -0.4 is 5.56 Å². The Balaban J connectivity index is 2.16. The number of alkyl halides is 4. The zero-order valence-electron chi connectivity index (χ0n) is 11.3. The minimum absolute atomic E-state index is 0.112. The lowest BCUT2D eigenvalue weighted by molar-refractivity contribution is -0.138. The van der Waals surface area contributed by atoms with Crippen molar-refractivity contribution in [3.63, 3.8) is 0 Å². The Hall–Kier alpha value is -1.86. The molecule has 21 heavy (non-hydrogen) atoms. The SMILES string of the molecule is C[C@]1(F)CCN(C(=O)Cn2cc(C(F)(F)F)ccc2=O)C1. The minimum atomic E-state index is -4.59. The number of nitrogens with zero attached hydrogens (tertiary/aromatic N) is 2. The molecule has 0 aliphatic carbocycles. The van der Waals surface area contributed by atoms with Gasteiger partial charge >= 0.3 is 6.18 Å². The fraction of sp³-hybridized carbons (Fsp3) is 0.538. The van der Waals surface area contributed by atoms with E-state index in [-0.39, 0.29) is 19.5 Å². The van der Waals surface area contributed by atoms with Crippen LogP contribution in [0.2, 0.25) is 0 Å². The van der Waals surface area contributed by atoms with Crippen molar-refractivity contribution in [3.8, 4) is 0 Å². The van der Waals surface area contributed by atoms with Gasteiger partial charge in [-0.3, -0.25) is 9.59 Å². The van der Waals surface area contributed by atoms with Gasteiger partial charge in [0.15, 0.2) is 0 Å². The monoisotopic (exact) mass is 306 g/mol. The normalized spacial score (nSPS) is 22.6. The van der Waals surface area contributed by atoms with Crippen molar-refractivity contribution in [3.05, 3.63) is 34.2 Å². The highest BCUT2D eigenvalue weighted by Crippen LogP contribution is 2.28. The predicted molar refractivity (Wildman–Crippen MR) is 66.4 cm³/mol. The number of carbonyl (C=O) groups is 1. The molecule has 1 aromatic heterocycles. The summed E-state index contributed by atoms with van der Waals surface area (Å²) in [4.78, 5) is 24.7. The third kappa shape index (κ3) is 3.62. The van der Waals surface area contributed by atoms with Gasteiger partial charge in [-0.05, 0) is 13.0 Å². The highest BCUT2D eigenvalue weighted by atomic mass is 19.4. The van der Waals surface area contributed by atoms with Crippen LogP contribution in [0.5, 0.6) is 0 Å². The lowest BCUT2D eigenvalue weighted by atomic mass is 10.1. The maximum Gasteiger partial charge on any atom is 0.417 e. The molecule has 0 bridgehead atoms. The largest absolute Gasteiger partial charge is 0.417 e. The topological polar surface area (TPSA) is 42.3 Å². The number of amides is 1. The average molecular weight is 306 g/mol. The molecule has 2 rings (SSSR count). The number of hydrogen-bond donors (Lipinski definition) is 0. The number of halogens is 4. The molecule has 0 spiro atoms. The molecule has 1 aliphatic rings. The quantitative estimate of drug-likeness (QED) is 0.782. The predicted octanol–water partition coefficient (Wildman–Crippen LogP) is 1.83. The van der Waals surface area contributed by atoms with E-state index in [0.717, 1.165) is 6.07 Å². The average Bonchev–Trinajstić information content (AvgIpc) is 2.71. The summed E-state index contributed by atoms with van der Waals surface area (Å²) in [5.74, 6) is -0.571. The van der Waals surface area contributed by atoms with Gasteiger partial charge in [0.05, 0.1) is 12.1 Å². The summed E-state index contributed by atoms with van der Waals surface area (Å²) in [6.07, 6.45) is -3.81. The number of carbonyl (C=O) groups excluding carboxylic acids is 1. The summed E-state index contributed by atoms with van der Waals surface area (Å²) in [5, 5.41) is 0. The number of aromatic nitrogens is 1. The molecule has 1 aliphatic heterocycles. The van der Waals surface area contributed by atoms with Crippen molar-refractivity contribution >= 4 is 5.91 Å². The first-order chi connectivity index (χ1) is 9.58. The first-order valence-electron chi connectivity index (χ1n) is 6.33. The van der Waals surface area contributed by atoms with Crippen LogP contribution in [-0.4, -0.2) is 34.1 Å². The number of likely N-dealkylation sites (tertiary alicyclic amines) is 1. The molecule has 1 atom stereocenters. The second kappa shape index (κ2) is 5.16. The molecule has 1 fully saturated rings. The van der Waals surface area contributed by atoms with E-state index in [2.05, 4.69) is 0 Å². The standard InChI is InChI=1S/C13H14F4N2O2/c1-12(14)4-5-18(8-12)11(21)7-19-6-9(13(15,16)17)2-3-10(19)20/h2-3,6H,4-5,7-8H2,1H3/t12-/m0/s1. The molecule has 116 valence electrons. The molecule has 0 radical (unpaired) electrons. The molecule has 0 saturated carbocycles. The van der Waals surface area contributed by atoms with Crippen LogP contribution in [0.25, 0.3) is 0 Å². The van der Waals surface area contributed by atoms with Gasteiger partial charge in [-0.2, -0.15) is 13.2 Å². The first kappa shape index (κ1) is 15.5. The second-order valence-electron chi connectivity index (χ2n) is 5.36. The van der Waals surface area contributed by atoms with E-state index in [0.29, 0.717) is 16.8 Å². The van der Waals surface area contributed by atoms with Gasteiger partial charge in [0.25, 0.3) is 5.56 Å². The fourth-order valence-electron chi connectivity index (χ4n) is 2.21. The van der Waals surface area contributed by atoms with Crippen molar-refractivity contribution in [2.24, 2.45) is 0 Å². The second-order valence-corrected chi connectivity index (χ2v) is 5.36. The van der Waals surface area contributed by atoms with Crippen molar-refractivity contribution in [2.75, 3.05) is 13.1 Å². The van der Waals surface area contributed by atoms with E-state index in [1.54, 1.807) is 0 Å². The Morgan fingerprint density at radius 3 is 2.57 bits per heavy atom. The van der Waals surface area contributed by atoms with Gasteiger partial charge in [0.2, 0.25) is 5.91 Å². The van der Waals surface area contributed by atoms with Gasteiger partial charge in [-0.25, -0.2) is 4.39 Å². The van der Waals surface area contributed by atoms with E-state index >= 15 is 0 Å². The molecule has 1 amide bonds. The van der Waals surface area contributed by atoms with Crippen molar-refractivity contribution in [2.45, 2.75) is 31.7 Å². The van der Waals surface area contributed by atoms with Gasteiger partial charge in [-0.15, -0.1) is 0 Å². The summed E-state index contributed by atoms with van der Waals surface area (Å²) in [5.41, 5.74) is -3.21. The van der Waals surface area contributed by atoms with E-state index < -0.39 is 35.4 Å². The van der Waals surface area contributed by atoms with Crippen molar-refractivity contribution in [1.82, 2.24) is 9.47 Å². The zero-order valence-corrected chi connectivity index (χ0v) is 11.3. The van der Waals surface area contributed by atoms with E-state index in [4.69, 9.17) is 0 Å². The molecule has 4 nitrogen and oxygen atoms in total. The van der Waals surface area contributed by atoms with Crippen LogP contribution in [0.3, 0.4) is 0 Å². The molecule has 0 aromatic carbocycles. The highest BCUT2D eigenvalue weighted by Gasteiger charge is 2.36. The van der Waals surface area contributed by atoms with Crippen LogP contribution in [0, 0.1) is 0 Å². The lowest BCUT2D eigenvalue weighted by Crippen LogP contribution is -2.36. The Kier molecular flexibility index (Phi) is 3.81. The minimum Gasteiger partial charge on any atom is -0.338 e. The Bertz CT molecular complexity index is 607. The Morgan fingerprint density at radius 1 is 1.38 bits per heavy atom. The van der Waals surface area contributed by atoms with Crippen LogP contribution in [-0.2, 0) is 17.5 Å². The lowest BCUT2D eigenvalue weighted by Gasteiger charge is -2.18. The molecule has 0 N–H and O–H groups in total. The highest BCUT2D eigenvalue weighted by molar-refractivity contribution is 5.76. The van der Waals surface area contributed by atoms with Crippen molar-refractivity contribution in [1.29, 1.82) is 0 Å². The molecule has 1 saturated heterocycles. The summed E-state index contributed by atoms with van der Waals surface area (Å²) < 4.78 is 52.1. The van der Waals surface area contributed by atoms with Crippen molar-refractivity contribution < 1.29 is 22.4 Å². The Labute approximate surface area is 118 Å². The van der Waals surface area contributed by atoms with Gasteiger partial charge < -0.3 is 9.47 Å². The summed E-state index contributed by atoms with van der Waals surface area (Å²) in [7, 11) is 0. The van der Waals surface area contributed by atoms with Gasteiger partial charge in [-0.1, -0.05) is 0 Å². The van der Waals surface area contributed by atoms with Crippen LogP contribution in [0.15, 0.2) is 23.1 Å². The summed E-state index contributed by atoms with van der Waals surface area (Å²) in [6, 6.07) is 1.43. The van der Waals surface area contributed by atoms with Gasteiger partial charge in [0.1, 0.15) is 12.2 Å². The number of rotatable bonds is 2. The third-order valence-corrected chi connectivity index (χ3v) is 3.39. The maximum atomic E-state index is 13.6. The van der Waals surface area contributed by atoms with E-state index in [9.17, 15) is 27.2 Å². The van der Waals surface area contributed by atoms with E-state index in [1.165, 1.54) is 11.8 Å². The maximum absolute atomic E-state index is 13.6.